The molecule has 2 aromatic carbocycles. The monoisotopic (exact) mass is 356 g/mol. The van der Waals surface area contributed by atoms with Crippen molar-refractivity contribution in [1.29, 1.82) is 0 Å². The fraction of sp³-hybridized carbons (Fsp3) is 0.300. The number of hydrogen-bond donors (Lipinski definition) is 2. The van der Waals surface area contributed by atoms with Gasteiger partial charge in [-0.25, -0.2) is 0 Å². The topological polar surface area (TPSA) is 76.7 Å². The Labute approximate surface area is 153 Å². The molecule has 138 valence electrons. The van der Waals surface area contributed by atoms with Gasteiger partial charge < -0.3 is 20.1 Å². The quantitative estimate of drug-likeness (QED) is 0.675. The second-order valence-electron chi connectivity index (χ2n) is 5.75. The number of benzene rings is 2. The molecular weight excluding hydrogens is 332 g/mol. The molecule has 0 fully saturated rings. The molecule has 0 aliphatic rings. The molecule has 26 heavy (non-hydrogen) atoms. The SMILES string of the molecule is COc1ccc(CCNC(=O)CC(=O)NCc2ccc(OC)cc2)cc1. The van der Waals surface area contributed by atoms with Crippen molar-refractivity contribution in [2.24, 2.45) is 0 Å². The van der Waals surface area contributed by atoms with Crippen LogP contribution in [0.4, 0.5) is 0 Å². The predicted octanol–water partition coefficient (Wildman–Crippen LogP) is 2.07. The molecule has 0 radical (unpaired) electrons. The van der Waals surface area contributed by atoms with Gasteiger partial charge in [-0.2, -0.15) is 0 Å². The van der Waals surface area contributed by atoms with Crippen LogP contribution in [0.1, 0.15) is 17.5 Å². The van der Waals surface area contributed by atoms with Gasteiger partial charge in [-0.1, -0.05) is 24.3 Å². The van der Waals surface area contributed by atoms with Crippen LogP contribution in [0, 0.1) is 0 Å². The van der Waals surface area contributed by atoms with E-state index in [4.69, 9.17) is 9.47 Å². The van der Waals surface area contributed by atoms with Gasteiger partial charge in [0, 0.05) is 13.1 Å². The molecule has 2 aromatic rings. The average Bonchev–Trinajstić information content (AvgIpc) is 2.67. The van der Waals surface area contributed by atoms with Crippen molar-refractivity contribution < 1.29 is 19.1 Å². The molecule has 0 atom stereocenters. The molecule has 0 aliphatic heterocycles. The third-order valence-corrected chi connectivity index (χ3v) is 3.86. The molecule has 2 N–H and O–H groups in total. The van der Waals surface area contributed by atoms with E-state index in [1.54, 1.807) is 14.2 Å². The molecule has 0 aromatic heterocycles. The summed E-state index contributed by atoms with van der Waals surface area (Å²) in [6.45, 7) is 0.860. The van der Waals surface area contributed by atoms with Gasteiger partial charge in [-0.05, 0) is 41.8 Å². The highest BCUT2D eigenvalue weighted by Crippen LogP contribution is 2.12. The summed E-state index contributed by atoms with van der Waals surface area (Å²) in [5.74, 6) is 0.969. The summed E-state index contributed by atoms with van der Waals surface area (Å²) in [6.07, 6.45) is 0.516. The number of hydrogen-bond acceptors (Lipinski definition) is 4. The maximum atomic E-state index is 11.8. The van der Waals surface area contributed by atoms with E-state index in [9.17, 15) is 9.59 Å². The smallest absolute Gasteiger partial charge is 0.229 e. The van der Waals surface area contributed by atoms with E-state index in [2.05, 4.69) is 10.6 Å². The third-order valence-electron chi connectivity index (χ3n) is 3.86. The minimum Gasteiger partial charge on any atom is -0.497 e. The first-order chi connectivity index (χ1) is 12.6. The second kappa shape index (κ2) is 10.1. The first-order valence-electron chi connectivity index (χ1n) is 8.40. The highest BCUT2D eigenvalue weighted by molar-refractivity contribution is 5.96. The zero-order valence-corrected chi connectivity index (χ0v) is 15.1. The summed E-state index contributed by atoms with van der Waals surface area (Å²) in [4.78, 5) is 23.7. The van der Waals surface area contributed by atoms with Gasteiger partial charge in [0.15, 0.2) is 0 Å². The molecule has 0 heterocycles. The summed E-state index contributed by atoms with van der Waals surface area (Å²) >= 11 is 0. The van der Waals surface area contributed by atoms with Gasteiger partial charge in [0.25, 0.3) is 0 Å². The molecule has 2 amide bonds. The van der Waals surface area contributed by atoms with Crippen molar-refractivity contribution >= 4 is 11.8 Å². The Morgan fingerprint density at radius 2 is 1.27 bits per heavy atom. The number of amides is 2. The largest absolute Gasteiger partial charge is 0.497 e. The van der Waals surface area contributed by atoms with E-state index >= 15 is 0 Å². The molecule has 0 aliphatic carbocycles. The molecule has 0 spiro atoms. The van der Waals surface area contributed by atoms with Crippen LogP contribution in [0.2, 0.25) is 0 Å². The van der Waals surface area contributed by atoms with E-state index in [0.29, 0.717) is 19.5 Å². The molecule has 2 rings (SSSR count). The number of nitrogens with one attached hydrogen (secondary N) is 2. The molecule has 0 unspecified atom stereocenters. The lowest BCUT2D eigenvalue weighted by molar-refractivity contribution is -0.129. The van der Waals surface area contributed by atoms with Crippen molar-refractivity contribution in [3.63, 3.8) is 0 Å². The standard InChI is InChI=1S/C20H24N2O4/c1-25-17-7-3-15(4-8-17)11-12-21-19(23)13-20(24)22-14-16-5-9-18(26-2)10-6-16/h3-10H,11-14H2,1-2H3,(H,21,23)(H,22,24). The Balaban J connectivity index is 1.65. The molecular formula is C20H24N2O4. The van der Waals surface area contributed by atoms with Crippen LogP contribution >= 0.6 is 0 Å². The van der Waals surface area contributed by atoms with E-state index < -0.39 is 0 Å². The van der Waals surface area contributed by atoms with Crippen LogP contribution in [0.15, 0.2) is 48.5 Å². The van der Waals surface area contributed by atoms with Crippen molar-refractivity contribution in [2.75, 3.05) is 20.8 Å². The summed E-state index contributed by atoms with van der Waals surface area (Å²) < 4.78 is 10.2. The van der Waals surface area contributed by atoms with Crippen LogP contribution in [0.25, 0.3) is 0 Å². The summed E-state index contributed by atoms with van der Waals surface area (Å²) in [5, 5.41) is 5.49. The fourth-order valence-electron chi connectivity index (χ4n) is 2.35. The van der Waals surface area contributed by atoms with Crippen molar-refractivity contribution in [3.05, 3.63) is 59.7 Å². The highest BCUT2D eigenvalue weighted by Gasteiger charge is 2.08. The van der Waals surface area contributed by atoms with Gasteiger partial charge in [-0.3, -0.25) is 9.59 Å². The Morgan fingerprint density at radius 1 is 0.769 bits per heavy atom. The van der Waals surface area contributed by atoms with Gasteiger partial charge in [0.05, 0.1) is 14.2 Å². The first kappa shape index (κ1) is 19.3. The third kappa shape index (κ3) is 6.47. The fourth-order valence-corrected chi connectivity index (χ4v) is 2.35. The number of rotatable bonds is 9. The lowest BCUT2D eigenvalue weighted by Crippen LogP contribution is -2.32. The molecule has 6 heteroatoms. The molecule has 0 bridgehead atoms. The average molecular weight is 356 g/mol. The van der Waals surface area contributed by atoms with Gasteiger partial charge in [0.2, 0.25) is 11.8 Å². The Bertz CT molecular complexity index is 712. The van der Waals surface area contributed by atoms with E-state index in [1.807, 2.05) is 48.5 Å². The maximum Gasteiger partial charge on any atom is 0.229 e. The predicted molar refractivity (Wildman–Crippen MR) is 99.2 cm³/mol. The van der Waals surface area contributed by atoms with Crippen LogP contribution in [-0.2, 0) is 22.6 Å². The van der Waals surface area contributed by atoms with E-state index in [-0.39, 0.29) is 18.2 Å². The van der Waals surface area contributed by atoms with Gasteiger partial charge in [-0.15, -0.1) is 0 Å². The molecule has 0 saturated carbocycles. The van der Waals surface area contributed by atoms with Crippen molar-refractivity contribution in [3.8, 4) is 11.5 Å². The maximum absolute atomic E-state index is 11.8. The Kier molecular flexibility index (Phi) is 7.49. The van der Waals surface area contributed by atoms with Crippen molar-refractivity contribution in [1.82, 2.24) is 10.6 Å². The van der Waals surface area contributed by atoms with E-state index in [0.717, 1.165) is 22.6 Å². The van der Waals surface area contributed by atoms with Gasteiger partial charge in [0.1, 0.15) is 17.9 Å². The normalized spacial score (nSPS) is 10.1. The number of ether oxygens (including phenoxy) is 2. The van der Waals surface area contributed by atoms with Crippen LogP contribution in [-0.4, -0.2) is 32.6 Å². The lowest BCUT2D eigenvalue weighted by Gasteiger charge is -2.08. The van der Waals surface area contributed by atoms with Crippen molar-refractivity contribution in [2.45, 2.75) is 19.4 Å². The minimum atomic E-state index is -0.303. The summed E-state index contributed by atoms with van der Waals surface area (Å²) in [5.41, 5.74) is 2.04. The number of methoxy groups -OCH3 is 2. The lowest BCUT2D eigenvalue weighted by atomic mass is 10.1. The first-order valence-corrected chi connectivity index (χ1v) is 8.40. The number of carbonyl (C=O) groups is 2. The van der Waals surface area contributed by atoms with Crippen LogP contribution in [0.3, 0.4) is 0 Å². The van der Waals surface area contributed by atoms with Gasteiger partial charge >= 0.3 is 0 Å². The zero-order valence-electron chi connectivity index (χ0n) is 15.1. The Hall–Kier alpha value is -3.02. The Morgan fingerprint density at radius 3 is 1.81 bits per heavy atom. The highest BCUT2D eigenvalue weighted by atomic mass is 16.5. The number of carbonyl (C=O) groups excluding carboxylic acids is 2. The van der Waals surface area contributed by atoms with Crippen LogP contribution in [0.5, 0.6) is 11.5 Å². The summed E-state index contributed by atoms with van der Waals surface area (Å²) in [6, 6.07) is 15.1. The summed E-state index contributed by atoms with van der Waals surface area (Å²) in [7, 11) is 3.22. The molecule has 6 nitrogen and oxygen atoms in total. The second-order valence-corrected chi connectivity index (χ2v) is 5.75. The molecule has 0 saturated heterocycles. The van der Waals surface area contributed by atoms with Crippen LogP contribution < -0.4 is 20.1 Å². The van der Waals surface area contributed by atoms with E-state index in [1.165, 1.54) is 0 Å². The zero-order chi connectivity index (χ0) is 18.8. The minimum absolute atomic E-state index is 0.182.